The summed E-state index contributed by atoms with van der Waals surface area (Å²) in [5, 5.41) is 0.343. The highest BCUT2D eigenvalue weighted by molar-refractivity contribution is 6.31. The number of H-pyrrole nitrogens is 1. The highest BCUT2D eigenvalue weighted by Gasteiger charge is 2.14. The Labute approximate surface area is 90.7 Å². The van der Waals surface area contributed by atoms with Crippen molar-refractivity contribution >= 4 is 17.4 Å². The standard InChI is InChI=1S/C11H7ClFNO/c12-8-1-2-10(13)9(5-8)11(15)7-3-4-14-6-7/h1-6,14H. The molecule has 2 aromatic rings. The monoisotopic (exact) mass is 223 g/mol. The molecule has 0 saturated carbocycles. The van der Waals surface area contributed by atoms with Crippen molar-refractivity contribution in [2.24, 2.45) is 0 Å². The fourth-order valence-corrected chi connectivity index (χ4v) is 1.46. The zero-order chi connectivity index (χ0) is 10.8. The Balaban J connectivity index is 2.46. The summed E-state index contributed by atoms with van der Waals surface area (Å²) in [5.74, 6) is -0.943. The van der Waals surface area contributed by atoms with Crippen LogP contribution in [0.4, 0.5) is 4.39 Å². The summed E-state index contributed by atoms with van der Waals surface area (Å²) in [4.78, 5) is 14.5. The molecule has 0 saturated heterocycles. The molecular formula is C11H7ClFNO. The van der Waals surface area contributed by atoms with E-state index in [4.69, 9.17) is 11.6 Å². The van der Waals surface area contributed by atoms with Crippen LogP contribution in [0.3, 0.4) is 0 Å². The molecule has 1 aromatic heterocycles. The molecule has 76 valence electrons. The van der Waals surface area contributed by atoms with Gasteiger partial charge in [-0.05, 0) is 24.3 Å². The largest absolute Gasteiger partial charge is 0.367 e. The smallest absolute Gasteiger partial charge is 0.197 e. The van der Waals surface area contributed by atoms with Gasteiger partial charge in [-0.15, -0.1) is 0 Å². The summed E-state index contributed by atoms with van der Waals surface area (Å²) < 4.78 is 13.3. The van der Waals surface area contributed by atoms with E-state index in [0.29, 0.717) is 10.6 Å². The van der Waals surface area contributed by atoms with Crippen molar-refractivity contribution in [3.05, 3.63) is 58.6 Å². The average molecular weight is 224 g/mol. The van der Waals surface area contributed by atoms with Gasteiger partial charge in [-0.25, -0.2) is 4.39 Å². The maximum Gasteiger partial charge on any atom is 0.197 e. The van der Waals surface area contributed by atoms with Crippen LogP contribution < -0.4 is 0 Å². The fraction of sp³-hybridized carbons (Fsp3) is 0. The summed E-state index contributed by atoms with van der Waals surface area (Å²) in [7, 11) is 0. The van der Waals surface area contributed by atoms with Crippen molar-refractivity contribution in [1.82, 2.24) is 4.98 Å². The van der Waals surface area contributed by atoms with Gasteiger partial charge in [0.2, 0.25) is 0 Å². The Kier molecular flexibility index (Phi) is 2.56. The number of hydrogen-bond acceptors (Lipinski definition) is 1. The Hall–Kier alpha value is -1.61. The third-order valence-electron chi connectivity index (χ3n) is 2.03. The normalized spacial score (nSPS) is 10.3. The van der Waals surface area contributed by atoms with Gasteiger partial charge in [0.25, 0.3) is 0 Å². The molecule has 2 nitrogen and oxygen atoms in total. The third-order valence-corrected chi connectivity index (χ3v) is 2.27. The molecule has 1 N–H and O–H groups in total. The summed E-state index contributed by atoms with van der Waals surface area (Å²) in [6.45, 7) is 0. The summed E-state index contributed by atoms with van der Waals surface area (Å²) in [6, 6.07) is 5.50. The zero-order valence-corrected chi connectivity index (χ0v) is 8.38. The maximum absolute atomic E-state index is 13.3. The van der Waals surface area contributed by atoms with Crippen molar-refractivity contribution in [1.29, 1.82) is 0 Å². The summed E-state index contributed by atoms with van der Waals surface area (Å²) in [5.41, 5.74) is 0.401. The van der Waals surface area contributed by atoms with Gasteiger partial charge in [0.1, 0.15) is 5.82 Å². The van der Waals surface area contributed by atoms with Gasteiger partial charge in [0, 0.05) is 23.0 Å². The highest BCUT2D eigenvalue weighted by atomic mass is 35.5. The number of nitrogens with one attached hydrogen (secondary N) is 1. The van der Waals surface area contributed by atoms with E-state index in [2.05, 4.69) is 4.98 Å². The van der Waals surface area contributed by atoms with Crippen LogP contribution in [-0.2, 0) is 0 Å². The van der Waals surface area contributed by atoms with E-state index < -0.39 is 5.82 Å². The van der Waals surface area contributed by atoms with Crippen LogP contribution in [-0.4, -0.2) is 10.8 Å². The lowest BCUT2D eigenvalue weighted by Gasteiger charge is -2.00. The van der Waals surface area contributed by atoms with Gasteiger partial charge < -0.3 is 4.98 Å². The van der Waals surface area contributed by atoms with Gasteiger partial charge >= 0.3 is 0 Å². The Morgan fingerprint density at radius 2 is 2.13 bits per heavy atom. The third kappa shape index (κ3) is 1.92. The average Bonchev–Trinajstić information content (AvgIpc) is 2.74. The minimum atomic E-state index is -0.564. The molecule has 15 heavy (non-hydrogen) atoms. The van der Waals surface area contributed by atoms with Crippen LogP contribution in [0.5, 0.6) is 0 Å². The molecule has 0 unspecified atom stereocenters. The van der Waals surface area contributed by atoms with E-state index in [9.17, 15) is 9.18 Å². The molecular weight excluding hydrogens is 217 g/mol. The predicted octanol–water partition coefficient (Wildman–Crippen LogP) is 3.04. The van der Waals surface area contributed by atoms with Crippen molar-refractivity contribution in [3.8, 4) is 0 Å². The first kappa shape index (κ1) is 9.93. The Morgan fingerprint density at radius 1 is 1.33 bits per heavy atom. The molecule has 0 bridgehead atoms. The number of halogens is 2. The zero-order valence-electron chi connectivity index (χ0n) is 7.63. The number of ketones is 1. The van der Waals surface area contributed by atoms with E-state index in [1.807, 2.05) is 0 Å². The molecule has 0 aliphatic rings. The minimum absolute atomic E-state index is 0.0119. The Morgan fingerprint density at radius 3 is 2.80 bits per heavy atom. The van der Waals surface area contributed by atoms with E-state index in [-0.39, 0.29) is 11.3 Å². The molecule has 0 radical (unpaired) electrons. The molecule has 1 aromatic carbocycles. The number of hydrogen-bond donors (Lipinski definition) is 1. The molecule has 0 aliphatic carbocycles. The number of rotatable bonds is 2. The van der Waals surface area contributed by atoms with E-state index in [0.717, 1.165) is 0 Å². The van der Waals surface area contributed by atoms with Crippen LogP contribution in [0.15, 0.2) is 36.7 Å². The quantitative estimate of drug-likeness (QED) is 0.780. The molecule has 2 rings (SSSR count). The first-order chi connectivity index (χ1) is 7.18. The first-order valence-electron chi connectivity index (χ1n) is 4.31. The van der Waals surface area contributed by atoms with Gasteiger partial charge in [-0.1, -0.05) is 11.6 Å². The van der Waals surface area contributed by atoms with Crippen LogP contribution in [0.25, 0.3) is 0 Å². The lowest BCUT2D eigenvalue weighted by atomic mass is 10.1. The van der Waals surface area contributed by atoms with E-state index in [1.54, 1.807) is 12.3 Å². The predicted molar refractivity (Wildman–Crippen MR) is 55.6 cm³/mol. The van der Waals surface area contributed by atoms with E-state index >= 15 is 0 Å². The van der Waals surface area contributed by atoms with Gasteiger partial charge in [-0.2, -0.15) is 0 Å². The number of aromatic amines is 1. The van der Waals surface area contributed by atoms with Crippen LogP contribution in [0.2, 0.25) is 5.02 Å². The minimum Gasteiger partial charge on any atom is -0.367 e. The molecule has 0 fully saturated rings. The number of carbonyl (C=O) groups excluding carboxylic acids is 1. The topological polar surface area (TPSA) is 32.9 Å². The van der Waals surface area contributed by atoms with Gasteiger partial charge in [0.15, 0.2) is 5.78 Å². The maximum atomic E-state index is 13.3. The van der Waals surface area contributed by atoms with Crippen molar-refractivity contribution < 1.29 is 9.18 Å². The number of aromatic nitrogens is 1. The lowest BCUT2D eigenvalue weighted by molar-refractivity contribution is 0.103. The van der Waals surface area contributed by atoms with E-state index in [1.165, 1.54) is 24.4 Å². The number of carbonyl (C=O) groups is 1. The van der Waals surface area contributed by atoms with Crippen LogP contribution in [0, 0.1) is 5.82 Å². The highest BCUT2D eigenvalue weighted by Crippen LogP contribution is 2.18. The van der Waals surface area contributed by atoms with Crippen molar-refractivity contribution in [3.63, 3.8) is 0 Å². The summed E-state index contributed by atoms with van der Waals surface area (Å²) in [6.07, 6.45) is 3.12. The lowest BCUT2D eigenvalue weighted by Crippen LogP contribution is -2.02. The number of benzene rings is 1. The fourth-order valence-electron chi connectivity index (χ4n) is 1.29. The molecule has 0 amide bonds. The molecule has 1 heterocycles. The summed E-state index contributed by atoms with van der Waals surface area (Å²) >= 11 is 5.70. The molecule has 0 atom stereocenters. The second-order valence-corrected chi connectivity index (χ2v) is 3.49. The SMILES string of the molecule is O=C(c1cc[nH]c1)c1cc(Cl)ccc1F. The Bertz CT molecular complexity index is 493. The van der Waals surface area contributed by atoms with Crippen molar-refractivity contribution in [2.75, 3.05) is 0 Å². The van der Waals surface area contributed by atoms with Crippen LogP contribution in [0.1, 0.15) is 15.9 Å². The van der Waals surface area contributed by atoms with Gasteiger partial charge in [0.05, 0.1) is 5.56 Å². The second kappa shape index (κ2) is 3.87. The van der Waals surface area contributed by atoms with Gasteiger partial charge in [-0.3, -0.25) is 4.79 Å². The second-order valence-electron chi connectivity index (χ2n) is 3.05. The van der Waals surface area contributed by atoms with Crippen LogP contribution >= 0.6 is 11.6 Å². The molecule has 0 spiro atoms. The first-order valence-corrected chi connectivity index (χ1v) is 4.69. The molecule has 0 aliphatic heterocycles. The van der Waals surface area contributed by atoms with Crippen molar-refractivity contribution in [2.45, 2.75) is 0 Å². The molecule has 4 heteroatoms.